The summed E-state index contributed by atoms with van der Waals surface area (Å²) in [5, 5.41) is 3.74. The van der Waals surface area contributed by atoms with Crippen LogP contribution >= 0.6 is 0 Å². The molecule has 0 amide bonds. The van der Waals surface area contributed by atoms with Crippen LogP contribution in [-0.4, -0.2) is 29.2 Å². The number of ether oxygens (including phenoxy) is 1. The lowest BCUT2D eigenvalue weighted by Crippen LogP contribution is -2.35. The van der Waals surface area contributed by atoms with Crippen molar-refractivity contribution in [1.29, 1.82) is 0 Å². The van der Waals surface area contributed by atoms with Gasteiger partial charge in [-0.05, 0) is 45.1 Å². The first kappa shape index (κ1) is 24.8. The number of nitrogens with zero attached hydrogens (tertiary/aromatic N) is 2. The van der Waals surface area contributed by atoms with Crippen LogP contribution in [0.2, 0.25) is 0 Å². The van der Waals surface area contributed by atoms with Crippen molar-refractivity contribution in [3.8, 4) is 0 Å². The summed E-state index contributed by atoms with van der Waals surface area (Å²) in [7, 11) is 0. The van der Waals surface area contributed by atoms with Crippen LogP contribution in [0.3, 0.4) is 0 Å². The molecule has 4 nitrogen and oxygen atoms in total. The maximum absolute atomic E-state index is 5.62. The molecule has 0 aromatic carbocycles. The summed E-state index contributed by atoms with van der Waals surface area (Å²) < 4.78 is 5.62. The van der Waals surface area contributed by atoms with E-state index >= 15 is 0 Å². The van der Waals surface area contributed by atoms with Crippen LogP contribution in [0.25, 0.3) is 6.08 Å². The molecule has 1 saturated heterocycles. The summed E-state index contributed by atoms with van der Waals surface area (Å²) in [5.74, 6) is 0. The third-order valence-electron chi connectivity index (χ3n) is 5.15. The van der Waals surface area contributed by atoms with Gasteiger partial charge in [-0.2, -0.15) is 0 Å². The van der Waals surface area contributed by atoms with Crippen molar-refractivity contribution in [2.75, 3.05) is 13.2 Å². The van der Waals surface area contributed by atoms with Gasteiger partial charge >= 0.3 is 0 Å². The van der Waals surface area contributed by atoms with Gasteiger partial charge in [0.1, 0.15) is 0 Å². The van der Waals surface area contributed by atoms with E-state index in [1.807, 2.05) is 6.20 Å². The molecule has 0 bridgehead atoms. The normalized spacial score (nSPS) is 20.9. The maximum atomic E-state index is 5.62. The highest BCUT2D eigenvalue weighted by atomic mass is 16.5. The quantitative estimate of drug-likeness (QED) is 0.645. The summed E-state index contributed by atoms with van der Waals surface area (Å²) in [5.41, 5.74) is 4.53. The molecule has 2 atom stereocenters. The second-order valence-corrected chi connectivity index (χ2v) is 8.91. The number of hydrogen-bond donors (Lipinski definition) is 1. The molecule has 2 unspecified atom stereocenters. The smallest absolute Gasteiger partial charge is 0.0842 e. The van der Waals surface area contributed by atoms with Crippen molar-refractivity contribution in [3.05, 3.63) is 28.9 Å². The first-order valence-corrected chi connectivity index (χ1v) is 11.1. The van der Waals surface area contributed by atoms with E-state index < -0.39 is 0 Å². The van der Waals surface area contributed by atoms with Gasteiger partial charge in [0.25, 0.3) is 0 Å². The molecule has 1 aliphatic rings. The Morgan fingerprint density at radius 2 is 1.86 bits per heavy atom. The second kappa shape index (κ2) is 12.3. The van der Waals surface area contributed by atoms with E-state index in [9.17, 15) is 0 Å². The van der Waals surface area contributed by atoms with Crippen molar-refractivity contribution in [2.45, 2.75) is 99.6 Å². The molecule has 4 heteroatoms. The molecule has 28 heavy (non-hydrogen) atoms. The standard InChI is InChI=1S/C21H35N3O.C3H8/c1-7-25-14-17-10-8-9-11-18(24-17)20-13-22-19(16(3)23-20)12-15(2)21(4,5)6;1-3-2/h12-13,17-18,24H,7-11,14H2,1-6H3;3H2,1-2H3/b15-12+;. The van der Waals surface area contributed by atoms with Crippen molar-refractivity contribution < 1.29 is 4.74 Å². The number of nitrogens with one attached hydrogen (secondary N) is 1. The topological polar surface area (TPSA) is 47.0 Å². The molecule has 0 aliphatic carbocycles. The van der Waals surface area contributed by atoms with E-state index in [4.69, 9.17) is 14.7 Å². The largest absolute Gasteiger partial charge is 0.380 e. The Labute approximate surface area is 173 Å². The zero-order valence-corrected chi connectivity index (χ0v) is 19.6. The number of aromatic nitrogens is 2. The highest BCUT2D eigenvalue weighted by Gasteiger charge is 2.22. The molecule has 1 aliphatic heterocycles. The van der Waals surface area contributed by atoms with Gasteiger partial charge in [-0.3, -0.25) is 9.97 Å². The summed E-state index contributed by atoms with van der Waals surface area (Å²) in [4.78, 5) is 9.59. The molecule has 1 aromatic heterocycles. The zero-order chi connectivity index (χ0) is 21.2. The maximum Gasteiger partial charge on any atom is 0.0842 e. The van der Waals surface area contributed by atoms with Crippen LogP contribution in [-0.2, 0) is 4.74 Å². The van der Waals surface area contributed by atoms with Gasteiger partial charge in [-0.1, -0.05) is 59.5 Å². The number of allylic oxidation sites excluding steroid dienone is 1. The predicted molar refractivity (Wildman–Crippen MR) is 120 cm³/mol. The first-order valence-electron chi connectivity index (χ1n) is 11.1. The summed E-state index contributed by atoms with van der Waals surface area (Å²) in [6.45, 7) is 18.8. The fourth-order valence-electron chi connectivity index (χ4n) is 3.06. The molecule has 160 valence electrons. The van der Waals surface area contributed by atoms with Crippen LogP contribution < -0.4 is 5.32 Å². The lowest BCUT2D eigenvalue weighted by atomic mass is 9.87. The van der Waals surface area contributed by atoms with Crippen molar-refractivity contribution in [1.82, 2.24) is 15.3 Å². The Morgan fingerprint density at radius 3 is 2.43 bits per heavy atom. The SMILES string of the molecule is CCC.CCOCC1CCCCC(c2cnc(/C=C(\C)C(C)(C)C)c(C)n2)N1. The van der Waals surface area contributed by atoms with Gasteiger partial charge in [0, 0.05) is 12.6 Å². The van der Waals surface area contributed by atoms with Crippen molar-refractivity contribution >= 4 is 6.08 Å². The molecular weight excluding hydrogens is 346 g/mol. The summed E-state index contributed by atoms with van der Waals surface area (Å²) in [6.07, 6.45) is 10.1. The molecule has 1 N–H and O–H groups in total. The Hall–Kier alpha value is -1.26. The molecular formula is C24H43N3O. The average Bonchev–Trinajstić information content (AvgIpc) is 2.87. The third kappa shape index (κ3) is 8.40. The van der Waals surface area contributed by atoms with E-state index in [-0.39, 0.29) is 11.5 Å². The fraction of sp³-hybridized carbons (Fsp3) is 0.750. The minimum absolute atomic E-state index is 0.155. The average molecular weight is 390 g/mol. The van der Waals surface area contributed by atoms with Crippen LogP contribution in [0.15, 0.2) is 11.8 Å². The van der Waals surface area contributed by atoms with Crippen LogP contribution in [0.4, 0.5) is 0 Å². The number of rotatable bonds is 5. The Kier molecular flexibility index (Phi) is 10.9. The molecule has 0 spiro atoms. The minimum atomic E-state index is 0.155. The minimum Gasteiger partial charge on any atom is -0.380 e. The molecule has 0 saturated carbocycles. The lowest BCUT2D eigenvalue weighted by molar-refractivity contribution is 0.117. The van der Waals surface area contributed by atoms with Crippen molar-refractivity contribution in [3.63, 3.8) is 0 Å². The second-order valence-electron chi connectivity index (χ2n) is 8.91. The van der Waals surface area contributed by atoms with E-state index in [0.29, 0.717) is 6.04 Å². The molecule has 0 radical (unpaired) electrons. The van der Waals surface area contributed by atoms with E-state index in [0.717, 1.165) is 36.7 Å². The number of aryl methyl sites for hydroxylation is 1. The van der Waals surface area contributed by atoms with E-state index in [1.54, 1.807) is 0 Å². The Bertz CT molecular complexity index is 604. The zero-order valence-electron chi connectivity index (χ0n) is 19.6. The van der Waals surface area contributed by atoms with Gasteiger partial charge in [-0.25, -0.2) is 0 Å². The van der Waals surface area contributed by atoms with Crippen LogP contribution in [0, 0.1) is 12.3 Å². The van der Waals surface area contributed by atoms with E-state index in [2.05, 4.69) is 66.8 Å². The van der Waals surface area contributed by atoms with Gasteiger partial charge in [0.15, 0.2) is 0 Å². The Balaban J connectivity index is 0.00000122. The van der Waals surface area contributed by atoms with Gasteiger partial charge in [0.05, 0.1) is 35.9 Å². The fourth-order valence-corrected chi connectivity index (χ4v) is 3.06. The van der Waals surface area contributed by atoms with Gasteiger partial charge in [0.2, 0.25) is 0 Å². The van der Waals surface area contributed by atoms with Crippen LogP contribution in [0.1, 0.15) is 104 Å². The molecule has 1 aromatic rings. The molecule has 2 heterocycles. The van der Waals surface area contributed by atoms with Crippen LogP contribution in [0.5, 0.6) is 0 Å². The highest BCUT2D eigenvalue weighted by molar-refractivity contribution is 5.51. The molecule has 1 fully saturated rings. The van der Waals surface area contributed by atoms with Crippen molar-refractivity contribution in [2.24, 2.45) is 5.41 Å². The summed E-state index contributed by atoms with van der Waals surface area (Å²) in [6, 6.07) is 0.693. The highest BCUT2D eigenvalue weighted by Crippen LogP contribution is 2.28. The Morgan fingerprint density at radius 1 is 1.21 bits per heavy atom. The van der Waals surface area contributed by atoms with E-state index in [1.165, 1.54) is 31.3 Å². The third-order valence-corrected chi connectivity index (χ3v) is 5.15. The van der Waals surface area contributed by atoms with Gasteiger partial charge in [-0.15, -0.1) is 0 Å². The first-order chi connectivity index (χ1) is 13.2. The lowest BCUT2D eigenvalue weighted by Gasteiger charge is -2.23. The predicted octanol–water partition coefficient (Wildman–Crippen LogP) is 6.26. The van der Waals surface area contributed by atoms with Gasteiger partial charge < -0.3 is 10.1 Å². The monoisotopic (exact) mass is 389 g/mol. The summed E-state index contributed by atoms with van der Waals surface area (Å²) >= 11 is 0. The number of hydrogen-bond acceptors (Lipinski definition) is 4. The molecule has 2 rings (SSSR count).